The van der Waals surface area contributed by atoms with Crippen molar-refractivity contribution in [3.63, 3.8) is 0 Å². The zero-order valence-electron chi connectivity index (χ0n) is 20.0. The lowest BCUT2D eigenvalue weighted by molar-refractivity contribution is -0.143. The Labute approximate surface area is 206 Å². The molecule has 0 atom stereocenters. The molecule has 7 nitrogen and oxygen atoms in total. The molecule has 8 heteroatoms. The topological polar surface area (TPSA) is 96.5 Å². The number of hydrazine groups is 1. The number of hydrogen-bond acceptors (Lipinski definition) is 5. The van der Waals surface area contributed by atoms with Crippen LogP contribution in [0.15, 0.2) is 54.6 Å². The highest BCUT2D eigenvalue weighted by Gasteiger charge is 2.14. The molecule has 0 fully saturated rings. The van der Waals surface area contributed by atoms with Crippen LogP contribution in [0.5, 0.6) is 0 Å². The van der Waals surface area contributed by atoms with Crippen molar-refractivity contribution in [2.24, 2.45) is 0 Å². The molecule has 2 amide bonds. The first-order chi connectivity index (χ1) is 16.1. The minimum absolute atomic E-state index is 0.00178. The van der Waals surface area contributed by atoms with Gasteiger partial charge in [0.25, 0.3) is 5.91 Å². The smallest absolute Gasteiger partial charge is 0.305 e. The van der Waals surface area contributed by atoms with Crippen molar-refractivity contribution in [3.05, 3.63) is 71.3 Å². The highest BCUT2D eigenvalue weighted by Crippen LogP contribution is 2.22. The van der Waals surface area contributed by atoms with Crippen LogP contribution >= 0.6 is 12.2 Å². The van der Waals surface area contributed by atoms with Crippen LogP contribution in [0.1, 0.15) is 67.9 Å². The van der Waals surface area contributed by atoms with E-state index in [9.17, 15) is 14.4 Å². The van der Waals surface area contributed by atoms with Crippen LogP contribution in [0.25, 0.3) is 0 Å². The van der Waals surface area contributed by atoms with Gasteiger partial charge in [0.2, 0.25) is 5.91 Å². The fraction of sp³-hybridized carbons (Fsp3) is 0.385. The summed E-state index contributed by atoms with van der Waals surface area (Å²) in [6.45, 7) is 6.65. The Kier molecular flexibility index (Phi) is 10.7. The standard InChI is InChI=1S/C26H33N3O4S/c1-26(2,3)21-16-14-20(15-17-21)24(32)28-29-25(34)27-22(30)12-7-13-23(31)33-18-8-11-19-9-5-4-6-10-19/h4-6,9-10,14-17H,7-8,11-13,18H2,1-3H3,(H,28,32)(H2,27,29,30,34). The second-order valence-electron chi connectivity index (χ2n) is 8.95. The summed E-state index contributed by atoms with van der Waals surface area (Å²) >= 11 is 5.03. The molecule has 0 aliphatic heterocycles. The quantitative estimate of drug-likeness (QED) is 0.216. The molecule has 0 radical (unpaired) electrons. The molecule has 0 unspecified atom stereocenters. The molecule has 182 valence electrons. The van der Waals surface area contributed by atoms with E-state index in [0.29, 0.717) is 18.6 Å². The van der Waals surface area contributed by atoms with E-state index in [-0.39, 0.29) is 41.2 Å². The molecule has 0 saturated heterocycles. The largest absolute Gasteiger partial charge is 0.466 e. The number of carbonyl (C=O) groups excluding carboxylic acids is 3. The Bertz CT molecular complexity index is 970. The van der Waals surface area contributed by atoms with Gasteiger partial charge in [0.1, 0.15) is 0 Å². The van der Waals surface area contributed by atoms with Gasteiger partial charge in [0.05, 0.1) is 6.61 Å². The summed E-state index contributed by atoms with van der Waals surface area (Å²) in [7, 11) is 0. The Morgan fingerprint density at radius 2 is 1.56 bits per heavy atom. The normalized spacial score (nSPS) is 10.8. The van der Waals surface area contributed by atoms with Gasteiger partial charge in [-0.1, -0.05) is 63.2 Å². The molecule has 2 aromatic rings. The summed E-state index contributed by atoms with van der Waals surface area (Å²) < 4.78 is 5.20. The van der Waals surface area contributed by atoms with E-state index in [4.69, 9.17) is 17.0 Å². The van der Waals surface area contributed by atoms with Crippen molar-refractivity contribution in [2.45, 2.75) is 58.3 Å². The SMILES string of the molecule is CC(C)(C)c1ccc(C(=O)NNC(=S)NC(=O)CCCC(=O)OCCCc2ccccc2)cc1. The Hall–Kier alpha value is -3.26. The molecular formula is C26H33N3O4S. The highest BCUT2D eigenvalue weighted by molar-refractivity contribution is 7.80. The van der Waals surface area contributed by atoms with Crippen molar-refractivity contribution in [1.82, 2.24) is 16.2 Å². The first-order valence-electron chi connectivity index (χ1n) is 11.4. The van der Waals surface area contributed by atoms with Crippen LogP contribution in [-0.2, 0) is 26.2 Å². The Morgan fingerprint density at radius 1 is 0.882 bits per heavy atom. The maximum atomic E-state index is 12.2. The number of amides is 2. The van der Waals surface area contributed by atoms with Crippen molar-refractivity contribution in [1.29, 1.82) is 0 Å². The van der Waals surface area contributed by atoms with Crippen LogP contribution < -0.4 is 16.2 Å². The number of thiocarbonyl (C=S) groups is 1. The third-order valence-corrected chi connectivity index (χ3v) is 5.26. The summed E-state index contributed by atoms with van der Waals surface area (Å²) in [5.74, 6) is -1.04. The summed E-state index contributed by atoms with van der Waals surface area (Å²) in [6.07, 6.45) is 2.21. The first-order valence-corrected chi connectivity index (χ1v) is 11.8. The molecule has 0 bridgehead atoms. The summed E-state index contributed by atoms with van der Waals surface area (Å²) in [4.78, 5) is 36.0. The lowest BCUT2D eigenvalue weighted by Crippen LogP contribution is -2.48. The lowest BCUT2D eigenvalue weighted by atomic mass is 9.87. The maximum absolute atomic E-state index is 12.2. The predicted molar refractivity (Wildman–Crippen MR) is 136 cm³/mol. The number of carbonyl (C=O) groups is 3. The van der Waals surface area contributed by atoms with Gasteiger partial charge in [-0.15, -0.1) is 0 Å². The fourth-order valence-electron chi connectivity index (χ4n) is 3.10. The average Bonchev–Trinajstić information content (AvgIpc) is 2.80. The lowest BCUT2D eigenvalue weighted by Gasteiger charge is -2.19. The average molecular weight is 484 g/mol. The summed E-state index contributed by atoms with van der Waals surface area (Å²) in [5, 5.41) is 2.45. The molecule has 34 heavy (non-hydrogen) atoms. The predicted octanol–water partition coefficient (Wildman–Crippen LogP) is 3.97. The van der Waals surface area contributed by atoms with Crippen molar-refractivity contribution in [2.75, 3.05) is 6.61 Å². The highest BCUT2D eigenvalue weighted by atomic mass is 32.1. The molecule has 2 rings (SSSR count). The number of rotatable bonds is 9. The van der Waals surface area contributed by atoms with Crippen molar-refractivity contribution < 1.29 is 19.1 Å². The monoisotopic (exact) mass is 483 g/mol. The fourth-order valence-corrected chi connectivity index (χ4v) is 3.26. The van der Waals surface area contributed by atoms with Crippen LogP contribution in [-0.4, -0.2) is 29.5 Å². The number of esters is 1. The van der Waals surface area contributed by atoms with Crippen LogP contribution in [0, 0.1) is 0 Å². The van der Waals surface area contributed by atoms with Gasteiger partial charge in [-0.05, 0) is 60.2 Å². The minimum atomic E-state index is -0.368. The number of ether oxygens (including phenoxy) is 1. The van der Waals surface area contributed by atoms with E-state index in [1.165, 1.54) is 5.56 Å². The third kappa shape index (κ3) is 10.1. The Morgan fingerprint density at radius 3 is 2.21 bits per heavy atom. The molecule has 0 heterocycles. The number of aryl methyl sites for hydroxylation is 1. The molecule has 0 aliphatic rings. The number of benzene rings is 2. The molecule has 0 aliphatic carbocycles. The van der Waals surface area contributed by atoms with Gasteiger partial charge in [-0.25, -0.2) is 0 Å². The van der Waals surface area contributed by atoms with Crippen LogP contribution in [0.2, 0.25) is 0 Å². The second-order valence-corrected chi connectivity index (χ2v) is 9.36. The Balaban J connectivity index is 1.57. The van der Waals surface area contributed by atoms with Gasteiger partial charge >= 0.3 is 5.97 Å². The molecule has 0 aromatic heterocycles. The summed E-state index contributed by atoms with van der Waals surface area (Å²) in [6, 6.07) is 17.3. The van der Waals surface area contributed by atoms with E-state index in [0.717, 1.165) is 18.4 Å². The zero-order chi connectivity index (χ0) is 25.0. The van der Waals surface area contributed by atoms with Crippen LogP contribution in [0.4, 0.5) is 0 Å². The van der Waals surface area contributed by atoms with Crippen molar-refractivity contribution >= 4 is 35.1 Å². The number of nitrogens with one attached hydrogen (secondary N) is 3. The maximum Gasteiger partial charge on any atom is 0.305 e. The first kappa shape index (κ1) is 27.0. The molecule has 0 saturated carbocycles. The number of hydrogen-bond donors (Lipinski definition) is 3. The van der Waals surface area contributed by atoms with E-state index in [1.54, 1.807) is 12.1 Å². The van der Waals surface area contributed by atoms with Crippen LogP contribution in [0.3, 0.4) is 0 Å². The van der Waals surface area contributed by atoms with Gasteiger partial charge in [0.15, 0.2) is 5.11 Å². The molecule has 2 aromatic carbocycles. The molecular weight excluding hydrogens is 450 g/mol. The van der Waals surface area contributed by atoms with Gasteiger partial charge in [-0.2, -0.15) is 0 Å². The van der Waals surface area contributed by atoms with Crippen molar-refractivity contribution in [3.8, 4) is 0 Å². The second kappa shape index (κ2) is 13.4. The van der Waals surface area contributed by atoms with Gasteiger partial charge in [0, 0.05) is 18.4 Å². The van der Waals surface area contributed by atoms with E-state index in [2.05, 4.69) is 36.9 Å². The summed E-state index contributed by atoms with van der Waals surface area (Å²) in [5.41, 5.74) is 7.76. The van der Waals surface area contributed by atoms with E-state index < -0.39 is 0 Å². The van der Waals surface area contributed by atoms with E-state index >= 15 is 0 Å². The van der Waals surface area contributed by atoms with Gasteiger partial charge < -0.3 is 10.1 Å². The third-order valence-electron chi connectivity index (χ3n) is 5.06. The minimum Gasteiger partial charge on any atom is -0.466 e. The van der Waals surface area contributed by atoms with Gasteiger partial charge in [-0.3, -0.25) is 25.2 Å². The van der Waals surface area contributed by atoms with E-state index in [1.807, 2.05) is 42.5 Å². The molecule has 0 spiro atoms. The molecule has 3 N–H and O–H groups in total. The zero-order valence-corrected chi connectivity index (χ0v) is 20.8.